The zero-order valence-corrected chi connectivity index (χ0v) is 16.1. The summed E-state index contributed by atoms with van der Waals surface area (Å²) in [5.41, 5.74) is 1.67. The van der Waals surface area contributed by atoms with Gasteiger partial charge in [-0.1, -0.05) is 37.8 Å². The molecule has 6 heteroatoms. The number of sulfonamides is 1. The largest absolute Gasteiger partial charge is 0.353 e. The monoisotopic (exact) mass is 366 g/mol. The van der Waals surface area contributed by atoms with Crippen molar-refractivity contribution in [2.24, 2.45) is 0 Å². The highest BCUT2D eigenvalue weighted by Crippen LogP contribution is 2.20. The van der Waals surface area contributed by atoms with Crippen molar-refractivity contribution in [2.75, 3.05) is 17.1 Å². The van der Waals surface area contributed by atoms with Gasteiger partial charge in [0.15, 0.2) is 0 Å². The fourth-order valence-corrected chi connectivity index (χ4v) is 4.33. The molecular weight excluding hydrogens is 336 g/mol. The lowest BCUT2D eigenvalue weighted by Gasteiger charge is -2.23. The van der Waals surface area contributed by atoms with Crippen molar-refractivity contribution in [3.8, 4) is 0 Å². The number of hydrogen-bond donors (Lipinski definition) is 1. The average Bonchev–Trinajstić information content (AvgIpc) is 2.79. The van der Waals surface area contributed by atoms with E-state index < -0.39 is 10.0 Å². The van der Waals surface area contributed by atoms with Gasteiger partial charge in [0.05, 0.1) is 11.9 Å². The van der Waals surface area contributed by atoms with Crippen LogP contribution in [0.4, 0.5) is 5.69 Å². The molecular formula is C19H30N2O3S. The molecule has 0 bridgehead atoms. The highest BCUT2D eigenvalue weighted by Gasteiger charge is 2.19. The molecule has 140 valence electrons. The quantitative estimate of drug-likeness (QED) is 0.752. The first-order valence-electron chi connectivity index (χ1n) is 9.20. The molecule has 1 N–H and O–H groups in total. The van der Waals surface area contributed by atoms with Gasteiger partial charge in [-0.15, -0.1) is 0 Å². The van der Waals surface area contributed by atoms with Crippen LogP contribution in [0.5, 0.6) is 0 Å². The van der Waals surface area contributed by atoms with E-state index in [1.165, 1.54) is 36.2 Å². The summed E-state index contributed by atoms with van der Waals surface area (Å²) < 4.78 is 25.6. The van der Waals surface area contributed by atoms with Gasteiger partial charge in [0.25, 0.3) is 0 Å². The number of benzene rings is 1. The maximum absolute atomic E-state index is 12.2. The molecule has 0 aromatic heterocycles. The van der Waals surface area contributed by atoms with Crippen molar-refractivity contribution in [1.29, 1.82) is 0 Å². The number of carbonyl (C=O) groups excluding carboxylic acids is 1. The van der Waals surface area contributed by atoms with Crippen LogP contribution in [0.1, 0.15) is 56.9 Å². The van der Waals surface area contributed by atoms with Crippen LogP contribution >= 0.6 is 0 Å². The lowest BCUT2D eigenvalue weighted by Crippen LogP contribution is -2.35. The zero-order valence-electron chi connectivity index (χ0n) is 15.3. The van der Waals surface area contributed by atoms with E-state index in [-0.39, 0.29) is 11.9 Å². The summed E-state index contributed by atoms with van der Waals surface area (Å²) in [6.07, 6.45) is 9.07. The fourth-order valence-electron chi connectivity index (χ4n) is 3.38. The molecule has 1 saturated carbocycles. The lowest BCUT2D eigenvalue weighted by molar-refractivity contribution is -0.121. The Labute approximate surface area is 151 Å². The highest BCUT2D eigenvalue weighted by molar-refractivity contribution is 7.92. The number of rotatable bonds is 7. The molecule has 1 aliphatic carbocycles. The molecule has 0 unspecified atom stereocenters. The molecule has 1 aromatic rings. The van der Waals surface area contributed by atoms with Gasteiger partial charge >= 0.3 is 0 Å². The Morgan fingerprint density at radius 1 is 1.20 bits per heavy atom. The van der Waals surface area contributed by atoms with Crippen LogP contribution in [0, 0.1) is 6.92 Å². The van der Waals surface area contributed by atoms with E-state index in [4.69, 9.17) is 0 Å². The Hall–Kier alpha value is -1.56. The van der Waals surface area contributed by atoms with Gasteiger partial charge in [0, 0.05) is 19.0 Å². The van der Waals surface area contributed by atoms with Crippen molar-refractivity contribution < 1.29 is 13.2 Å². The van der Waals surface area contributed by atoms with E-state index in [9.17, 15) is 13.2 Å². The number of nitrogens with one attached hydrogen (secondary N) is 1. The molecule has 5 nitrogen and oxygen atoms in total. The maximum Gasteiger partial charge on any atom is 0.232 e. The van der Waals surface area contributed by atoms with Gasteiger partial charge in [-0.05, 0) is 43.9 Å². The third-order valence-electron chi connectivity index (χ3n) is 4.68. The van der Waals surface area contributed by atoms with Gasteiger partial charge in [-0.25, -0.2) is 8.42 Å². The summed E-state index contributed by atoms with van der Waals surface area (Å²) in [4.78, 5) is 12.2. The van der Waals surface area contributed by atoms with Crippen LogP contribution in [0.25, 0.3) is 0 Å². The van der Waals surface area contributed by atoms with Crippen LogP contribution in [-0.2, 0) is 14.8 Å². The van der Waals surface area contributed by atoms with E-state index >= 15 is 0 Å². The van der Waals surface area contributed by atoms with E-state index in [0.29, 0.717) is 25.1 Å². The summed E-state index contributed by atoms with van der Waals surface area (Å²) in [6.45, 7) is 2.25. The predicted octanol–water partition coefficient (Wildman–Crippen LogP) is 3.38. The summed E-state index contributed by atoms with van der Waals surface area (Å²) in [6, 6.07) is 7.72. The molecule has 0 saturated heterocycles. The van der Waals surface area contributed by atoms with Crippen LogP contribution in [-0.4, -0.2) is 33.2 Å². The first-order valence-corrected chi connectivity index (χ1v) is 11.0. The number of anilines is 1. The van der Waals surface area contributed by atoms with Crippen molar-refractivity contribution in [3.05, 3.63) is 29.8 Å². The summed E-state index contributed by atoms with van der Waals surface area (Å²) in [5, 5.41) is 3.11. The first kappa shape index (κ1) is 19.8. The standard InChI is InChI=1S/C19H30N2O3S/c1-16-9-7-12-18(15-16)21(25(2,23)24)14-8-13-19(22)20-17-10-5-3-4-6-11-17/h7,9,12,15,17H,3-6,8,10-11,13-14H2,1-2H3,(H,20,22). The average molecular weight is 367 g/mol. The minimum absolute atomic E-state index is 0.0320. The summed E-state index contributed by atoms with van der Waals surface area (Å²) >= 11 is 0. The third-order valence-corrected chi connectivity index (χ3v) is 5.87. The van der Waals surface area contributed by atoms with Gasteiger partial charge in [-0.2, -0.15) is 0 Å². The lowest BCUT2D eigenvalue weighted by atomic mass is 10.1. The maximum atomic E-state index is 12.2. The Kier molecular flexibility index (Phi) is 7.29. The Morgan fingerprint density at radius 2 is 1.88 bits per heavy atom. The smallest absolute Gasteiger partial charge is 0.232 e. The van der Waals surface area contributed by atoms with E-state index in [1.807, 2.05) is 25.1 Å². The van der Waals surface area contributed by atoms with Gasteiger partial charge in [0.2, 0.25) is 15.9 Å². The molecule has 25 heavy (non-hydrogen) atoms. The van der Waals surface area contributed by atoms with Crippen LogP contribution in [0.2, 0.25) is 0 Å². The number of carbonyl (C=O) groups is 1. The van der Waals surface area contributed by atoms with Gasteiger partial charge < -0.3 is 5.32 Å². The van der Waals surface area contributed by atoms with Crippen molar-refractivity contribution >= 4 is 21.6 Å². The molecule has 0 spiro atoms. The molecule has 0 heterocycles. The summed E-state index contributed by atoms with van der Waals surface area (Å²) in [5.74, 6) is 0.0320. The zero-order chi connectivity index (χ0) is 18.3. The number of nitrogens with zero attached hydrogens (tertiary/aromatic N) is 1. The second-order valence-electron chi connectivity index (χ2n) is 7.03. The third kappa shape index (κ3) is 6.69. The molecule has 0 atom stereocenters. The molecule has 1 aromatic carbocycles. The topological polar surface area (TPSA) is 66.5 Å². The molecule has 2 rings (SSSR count). The summed E-state index contributed by atoms with van der Waals surface area (Å²) in [7, 11) is -3.36. The molecule has 1 fully saturated rings. The minimum atomic E-state index is -3.36. The Bertz CT molecular complexity index is 665. The Balaban J connectivity index is 1.87. The highest BCUT2D eigenvalue weighted by atomic mass is 32.2. The van der Waals surface area contributed by atoms with Gasteiger partial charge in [-0.3, -0.25) is 9.10 Å². The van der Waals surface area contributed by atoms with Crippen molar-refractivity contribution in [2.45, 2.75) is 64.3 Å². The SMILES string of the molecule is Cc1cccc(N(CCCC(=O)NC2CCCCCC2)S(C)(=O)=O)c1. The molecule has 0 radical (unpaired) electrons. The number of hydrogen-bond acceptors (Lipinski definition) is 3. The number of amides is 1. The second kappa shape index (κ2) is 9.22. The number of aryl methyl sites for hydroxylation is 1. The van der Waals surface area contributed by atoms with Crippen LogP contribution < -0.4 is 9.62 Å². The van der Waals surface area contributed by atoms with Crippen molar-refractivity contribution in [3.63, 3.8) is 0 Å². The van der Waals surface area contributed by atoms with Crippen LogP contribution in [0.3, 0.4) is 0 Å². The van der Waals surface area contributed by atoms with E-state index in [1.54, 1.807) is 6.07 Å². The van der Waals surface area contributed by atoms with E-state index in [2.05, 4.69) is 5.32 Å². The first-order chi connectivity index (χ1) is 11.9. The normalized spacial score (nSPS) is 16.2. The van der Waals surface area contributed by atoms with Crippen LogP contribution in [0.15, 0.2) is 24.3 Å². The van der Waals surface area contributed by atoms with E-state index in [0.717, 1.165) is 18.4 Å². The van der Waals surface area contributed by atoms with Gasteiger partial charge in [0.1, 0.15) is 0 Å². The minimum Gasteiger partial charge on any atom is -0.353 e. The molecule has 1 amide bonds. The molecule has 0 aliphatic heterocycles. The van der Waals surface area contributed by atoms with Crippen molar-refractivity contribution in [1.82, 2.24) is 5.32 Å². The second-order valence-corrected chi connectivity index (χ2v) is 8.94. The molecule has 1 aliphatic rings. The predicted molar refractivity (Wildman–Crippen MR) is 102 cm³/mol. The Morgan fingerprint density at radius 3 is 2.48 bits per heavy atom. The fraction of sp³-hybridized carbons (Fsp3) is 0.632.